The van der Waals surface area contributed by atoms with E-state index >= 15 is 0 Å². The Kier molecular flexibility index (Phi) is 6.79. The van der Waals surface area contributed by atoms with Crippen molar-refractivity contribution >= 4 is 6.08 Å². The molecule has 1 unspecified atom stereocenters. The van der Waals surface area contributed by atoms with Gasteiger partial charge in [0.2, 0.25) is 0 Å². The van der Waals surface area contributed by atoms with E-state index in [1.165, 1.54) is 5.57 Å². The number of allylic oxidation sites excluding steroid dienone is 1. The summed E-state index contributed by atoms with van der Waals surface area (Å²) in [5.41, 5.74) is 2.75. The van der Waals surface area contributed by atoms with Crippen molar-refractivity contribution in [3.8, 4) is 0 Å². The standard InChI is InChI=1S/C14H21N.C2H6/c1-11(12(2)14(3,4)5)10-13-8-6-7-9-15-13;1-2/h6-10,12H,1-5H3;1-2H3/b11-10+;. The van der Waals surface area contributed by atoms with Crippen molar-refractivity contribution in [2.75, 3.05) is 0 Å². The summed E-state index contributed by atoms with van der Waals surface area (Å²) in [7, 11) is 0. The Bertz CT molecular complexity index is 330. The number of hydrogen-bond donors (Lipinski definition) is 0. The minimum atomic E-state index is 0.315. The average molecular weight is 233 g/mol. The van der Waals surface area contributed by atoms with E-state index in [4.69, 9.17) is 0 Å². The number of rotatable bonds is 2. The number of hydrogen-bond acceptors (Lipinski definition) is 1. The fourth-order valence-electron chi connectivity index (χ4n) is 1.50. The summed E-state index contributed by atoms with van der Waals surface area (Å²) in [5.74, 6) is 0.569. The Hall–Kier alpha value is -1.11. The Morgan fingerprint density at radius 1 is 1.24 bits per heavy atom. The highest BCUT2D eigenvalue weighted by atomic mass is 14.6. The fourth-order valence-corrected chi connectivity index (χ4v) is 1.50. The summed E-state index contributed by atoms with van der Waals surface area (Å²) < 4.78 is 0. The molecule has 1 heterocycles. The van der Waals surface area contributed by atoms with E-state index in [-0.39, 0.29) is 0 Å². The smallest absolute Gasteiger partial charge is 0.0629 e. The van der Waals surface area contributed by atoms with Crippen molar-refractivity contribution < 1.29 is 0 Å². The van der Waals surface area contributed by atoms with E-state index in [2.05, 4.69) is 45.7 Å². The van der Waals surface area contributed by atoms with E-state index in [0.717, 1.165) is 5.69 Å². The molecule has 1 atom stereocenters. The first kappa shape index (κ1) is 15.9. The maximum Gasteiger partial charge on any atom is 0.0629 e. The van der Waals surface area contributed by atoms with Crippen molar-refractivity contribution in [3.05, 3.63) is 35.7 Å². The number of aromatic nitrogens is 1. The Morgan fingerprint density at radius 3 is 2.24 bits per heavy atom. The Labute approximate surface area is 107 Å². The van der Waals surface area contributed by atoms with Crippen LogP contribution in [0.3, 0.4) is 0 Å². The van der Waals surface area contributed by atoms with Gasteiger partial charge in [0.05, 0.1) is 5.69 Å². The first-order valence-electron chi connectivity index (χ1n) is 6.50. The summed E-state index contributed by atoms with van der Waals surface area (Å²) in [6.07, 6.45) is 4.01. The van der Waals surface area contributed by atoms with Crippen molar-refractivity contribution in [1.29, 1.82) is 0 Å². The van der Waals surface area contributed by atoms with Crippen LogP contribution in [0.1, 0.15) is 54.2 Å². The van der Waals surface area contributed by atoms with Gasteiger partial charge < -0.3 is 0 Å². The third kappa shape index (κ3) is 5.67. The fraction of sp³-hybridized carbons (Fsp3) is 0.562. The second-order valence-corrected chi connectivity index (χ2v) is 5.23. The van der Waals surface area contributed by atoms with Crippen molar-refractivity contribution in [1.82, 2.24) is 4.98 Å². The van der Waals surface area contributed by atoms with Crippen LogP contribution >= 0.6 is 0 Å². The molecule has 1 aromatic heterocycles. The van der Waals surface area contributed by atoms with E-state index in [9.17, 15) is 0 Å². The third-order valence-electron chi connectivity index (χ3n) is 3.05. The van der Waals surface area contributed by atoms with Crippen molar-refractivity contribution in [2.24, 2.45) is 11.3 Å². The minimum Gasteiger partial charge on any atom is -0.257 e. The summed E-state index contributed by atoms with van der Waals surface area (Å²) >= 11 is 0. The van der Waals surface area contributed by atoms with Gasteiger partial charge in [-0.15, -0.1) is 0 Å². The lowest BCUT2D eigenvalue weighted by molar-refractivity contribution is 0.302. The van der Waals surface area contributed by atoms with Crippen LogP contribution in [0.5, 0.6) is 0 Å². The lowest BCUT2D eigenvalue weighted by Crippen LogP contribution is -2.18. The molecule has 1 rings (SSSR count). The van der Waals surface area contributed by atoms with Crippen LogP contribution in [0.15, 0.2) is 30.0 Å². The zero-order valence-electron chi connectivity index (χ0n) is 12.4. The SMILES string of the molecule is C/C(=C\c1ccccn1)C(C)C(C)(C)C.CC. The Balaban J connectivity index is 0.00000121. The quantitative estimate of drug-likeness (QED) is 0.684. The summed E-state index contributed by atoms with van der Waals surface area (Å²) in [6, 6.07) is 6.01. The van der Waals surface area contributed by atoms with Gasteiger partial charge in [-0.3, -0.25) is 4.98 Å². The van der Waals surface area contributed by atoms with Gasteiger partial charge in [-0.1, -0.05) is 53.2 Å². The van der Waals surface area contributed by atoms with Gasteiger partial charge in [0.15, 0.2) is 0 Å². The maximum atomic E-state index is 4.31. The second kappa shape index (κ2) is 7.26. The average Bonchev–Trinajstić information content (AvgIpc) is 2.30. The molecule has 0 saturated heterocycles. The van der Waals surface area contributed by atoms with Gasteiger partial charge in [0.1, 0.15) is 0 Å². The van der Waals surface area contributed by atoms with Crippen LogP contribution in [-0.2, 0) is 0 Å². The number of pyridine rings is 1. The van der Waals surface area contributed by atoms with Crippen LogP contribution in [0, 0.1) is 11.3 Å². The van der Waals surface area contributed by atoms with E-state index < -0.39 is 0 Å². The van der Waals surface area contributed by atoms with Crippen molar-refractivity contribution in [2.45, 2.75) is 48.5 Å². The summed E-state index contributed by atoms with van der Waals surface area (Å²) in [6.45, 7) is 15.3. The normalized spacial score (nSPS) is 13.7. The molecule has 96 valence electrons. The van der Waals surface area contributed by atoms with Crippen LogP contribution < -0.4 is 0 Å². The van der Waals surface area contributed by atoms with Gasteiger partial charge in [-0.2, -0.15) is 0 Å². The highest BCUT2D eigenvalue weighted by molar-refractivity contribution is 5.48. The van der Waals surface area contributed by atoms with Crippen LogP contribution in [0.25, 0.3) is 6.08 Å². The predicted octanol–water partition coefficient (Wildman–Crippen LogP) is 5.19. The molecule has 1 heteroatoms. The zero-order valence-corrected chi connectivity index (χ0v) is 12.4. The van der Waals surface area contributed by atoms with Gasteiger partial charge in [0, 0.05) is 6.20 Å². The molecular weight excluding hydrogens is 206 g/mol. The van der Waals surface area contributed by atoms with E-state index in [1.807, 2.05) is 38.2 Å². The first-order chi connectivity index (χ1) is 7.91. The highest BCUT2D eigenvalue weighted by Crippen LogP contribution is 2.31. The molecule has 1 nitrogen and oxygen atoms in total. The van der Waals surface area contributed by atoms with E-state index in [1.54, 1.807) is 0 Å². The molecular formula is C16H27N. The van der Waals surface area contributed by atoms with Crippen LogP contribution in [0.4, 0.5) is 0 Å². The molecule has 0 spiro atoms. The number of nitrogens with zero attached hydrogens (tertiary/aromatic N) is 1. The van der Waals surface area contributed by atoms with Crippen LogP contribution in [-0.4, -0.2) is 4.98 Å². The lowest BCUT2D eigenvalue weighted by atomic mass is 9.78. The summed E-state index contributed by atoms with van der Waals surface area (Å²) in [5, 5.41) is 0. The van der Waals surface area contributed by atoms with Crippen molar-refractivity contribution in [3.63, 3.8) is 0 Å². The molecule has 0 saturated carbocycles. The third-order valence-corrected chi connectivity index (χ3v) is 3.05. The highest BCUT2D eigenvalue weighted by Gasteiger charge is 2.21. The molecule has 0 aliphatic rings. The maximum absolute atomic E-state index is 4.31. The minimum absolute atomic E-state index is 0.315. The molecule has 0 aliphatic heterocycles. The van der Waals surface area contributed by atoms with Gasteiger partial charge in [-0.25, -0.2) is 0 Å². The molecule has 0 aliphatic carbocycles. The molecule has 0 radical (unpaired) electrons. The lowest BCUT2D eigenvalue weighted by Gasteiger charge is -2.28. The molecule has 1 aromatic rings. The molecule has 0 aromatic carbocycles. The Morgan fingerprint density at radius 2 is 1.82 bits per heavy atom. The molecule has 0 N–H and O–H groups in total. The van der Waals surface area contributed by atoms with E-state index in [0.29, 0.717) is 11.3 Å². The van der Waals surface area contributed by atoms with Crippen LogP contribution in [0.2, 0.25) is 0 Å². The largest absolute Gasteiger partial charge is 0.257 e. The van der Waals surface area contributed by atoms with Gasteiger partial charge in [-0.05, 0) is 36.5 Å². The summed E-state index contributed by atoms with van der Waals surface area (Å²) in [4.78, 5) is 4.31. The topological polar surface area (TPSA) is 12.9 Å². The first-order valence-corrected chi connectivity index (χ1v) is 6.50. The van der Waals surface area contributed by atoms with Gasteiger partial charge in [0.25, 0.3) is 0 Å². The second-order valence-electron chi connectivity index (χ2n) is 5.23. The van der Waals surface area contributed by atoms with Gasteiger partial charge >= 0.3 is 0 Å². The zero-order chi connectivity index (χ0) is 13.5. The predicted molar refractivity (Wildman–Crippen MR) is 77.9 cm³/mol. The monoisotopic (exact) mass is 233 g/mol. The molecule has 0 fully saturated rings. The molecule has 0 amide bonds. The molecule has 0 bridgehead atoms. The molecule has 17 heavy (non-hydrogen) atoms.